The topological polar surface area (TPSA) is 110 Å². The van der Waals surface area contributed by atoms with E-state index in [9.17, 15) is 13.2 Å². The largest absolute Gasteiger partial charge is 0.493 e. The van der Waals surface area contributed by atoms with Crippen LogP contribution in [-0.4, -0.2) is 82.6 Å². The van der Waals surface area contributed by atoms with E-state index < -0.39 is 10.0 Å². The number of carbonyl (C=O) groups excluding carboxylic acids is 1. The van der Waals surface area contributed by atoms with Crippen LogP contribution in [0, 0.1) is 0 Å². The number of carbonyl (C=O) groups is 1. The number of aromatic nitrogens is 1. The van der Waals surface area contributed by atoms with Crippen LogP contribution in [0.3, 0.4) is 0 Å². The number of amides is 1. The fourth-order valence-corrected chi connectivity index (χ4v) is 4.87. The summed E-state index contributed by atoms with van der Waals surface area (Å²) in [5.41, 5.74) is 0.539. The van der Waals surface area contributed by atoms with Crippen LogP contribution in [0.15, 0.2) is 41.6 Å². The highest BCUT2D eigenvalue weighted by Gasteiger charge is 2.28. The average molecular weight is 465 g/mol. The summed E-state index contributed by atoms with van der Waals surface area (Å²) in [6.07, 6.45) is 3.17. The van der Waals surface area contributed by atoms with E-state index in [1.807, 2.05) is 0 Å². The lowest BCUT2D eigenvalue weighted by Crippen LogP contribution is -2.49. The quantitative estimate of drug-likeness (QED) is 0.594. The number of hydrogen-bond acceptors (Lipinski definition) is 8. The van der Waals surface area contributed by atoms with Crippen molar-refractivity contribution in [2.24, 2.45) is 0 Å². The van der Waals surface area contributed by atoms with Crippen LogP contribution in [0.25, 0.3) is 0 Å². The molecule has 2 aromatic rings. The Kier molecular flexibility index (Phi) is 7.89. The molecule has 2 heterocycles. The van der Waals surface area contributed by atoms with Crippen molar-refractivity contribution in [3.63, 3.8) is 0 Å². The smallest absolute Gasteiger partial charge is 0.244 e. The highest BCUT2D eigenvalue weighted by atomic mass is 32.2. The molecule has 0 radical (unpaired) electrons. The number of nitrogens with zero attached hydrogens (tertiary/aromatic N) is 3. The molecule has 11 heteroatoms. The molecule has 0 spiro atoms. The van der Waals surface area contributed by atoms with E-state index in [1.54, 1.807) is 30.5 Å². The van der Waals surface area contributed by atoms with Gasteiger partial charge >= 0.3 is 0 Å². The van der Waals surface area contributed by atoms with E-state index in [-0.39, 0.29) is 17.2 Å². The van der Waals surface area contributed by atoms with Crippen molar-refractivity contribution in [2.75, 3.05) is 59.4 Å². The summed E-state index contributed by atoms with van der Waals surface area (Å²) in [6.45, 7) is 2.36. The van der Waals surface area contributed by atoms with Gasteiger partial charge in [-0.15, -0.1) is 0 Å². The van der Waals surface area contributed by atoms with Crippen molar-refractivity contribution < 1.29 is 27.4 Å². The van der Waals surface area contributed by atoms with Crippen molar-refractivity contribution >= 4 is 21.6 Å². The highest BCUT2D eigenvalue weighted by molar-refractivity contribution is 7.89. The van der Waals surface area contributed by atoms with Gasteiger partial charge in [0.1, 0.15) is 4.90 Å². The first-order valence-corrected chi connectivity index (χ1v) is 11.6. The van der Waals surface area contributed by atoms with Crippen LogP contribution < -0.4 is 19.5 Å². The van der Waals surface area contributed by atoms with Gasteiger partial charge in [0.05, 0.1) is 21.3 Å². The SMILES string of the molecule is COc1cc(NC(=O)CCN2CCN(S(=O)(=O)c3cccnc3)CC2)cc(OC)c1OC. The monoisotopic (exact) mass is 464 g/mol. The second-order valence-electron chi connectivity index (χ2n) is 7.15. The Labute approximate surface area is 188 Å². The maximum absolute atomic E-state index is 12.7. The number of anilines is 1. The van der Waals surface area contributed by atoms with Crippen molar-refractivity contribution in [3.05, 3.63) is 36.7 Å². The van der Waals surface area contributed by atoms with Gasteiger partial charge in [0.2, 0.25) is 21.7 Å². The first kappa shape index (κ1) is 23.8. The summed E-state index contributed by atoms with van der Waals surface area (Å²) >= 11 is 0. The minimum absolute atomic E-state index is 0.162. The Bertz CT molecular complexity index is 999. The molecule has 1 aliphatic heterocycles. The van der Waals surface area contributed by atoms with Crippen molar-refractivity contribution in [1.82, 2.24) is 14.2 Å². The maximum Gasteiger partial charge on any atom is 0.244 e. The first-order chi connectivity index (χ1) is 15.4. The second kappa shape index (κ2) is 10.6. The summed E-state index contributed by atoms with van der Waals surface area (Å²) < 4.78 is 42.7. The third-order valence-corrected chi connectivity index (χ3v) is 7.09. The summed E-state index contributed by atoms with van der Waals surface area (Å²) in [7, 11) is 0.991. The molecule has 0 aliphatic carbocycles. The van der Waals surface area contributed by atoms with Crippen molar-refractivity contribution in [2.45, 2.75) is 11.3 Å². The molecular weight excluding hydrogens is 436 g/mol. The van der Waals surface area contributed by atoms with Gasteiger partial charge < -0.3 is 24.4 Å². The van der Waals surface area contributed by atoms with E-state index in [0.717, 1.165) is 0 Å². The molecule has 174 valence electrons. The normalized spacial score (nSPS) is 15.2. The number of methoxy groups -OCH3 is 3. The van der Waals surface area contributed by atoms with Gasteiger partial charge in [-0.25, -0.2) is 8.42 Å². The van der Waals surface area contributed by atoms with Gasteiger partial charge in [-0.2, -0.15) is 4.31 Å². The molecule has 1 amide bonds. The lowest BCUT2D eigenvalue weighted by molar-refractivity contribution is -0.116. The van der Waals surface area contributed by atoms with E-state index in [2.05, 4.69) is 15.2 Å². The van der Waals surface area contributed by atoms with Gasteiger partial charge in [-0.3, -0.25) is 9.78 Å². The fraction of sp³-hybridized carbons (Fsp3) is 0.429. The Balaban J connectivity index is 1.52. The summed E-state index contributed by atoms with van der Waals surface area (Å²) in [4.78, 5) is 18.6. The Morgan fingerprint density at radius 1 is 1.06 bits per heavy atom. The number of sulfonamides is 1. The molecule has 1 N–H and O–H groups in total. The van der Waals surface area contributed by atoms with Crippen LogP contribution in [-0.2, 0) is 14.8 Å². The van der Waals surface area contributed by atoms with Crippen molar-refractivity contribution in [3.8, 4) is 17.2 Å². The maximum atomic E-state index is 12.7. The van der Waals surface area contributed by atoms with Crippen molar-refractivity contribution in [1.29, 1.82) is 0 Å². The van der Waals surface area contributed by atoms with Gasteiger partial charge in [0.15, 0.2) is 11.5 Å². The first-order valence-electron chi connectivity index (χ1n) is 10.1. The molecule has 1 aliphatic rings. The predicted molar refractivity (Wildman–Crippen MR) is 119 cm³/mol. The lowest BCUT2D eigenvalue weighted by atomic mass is 10.2. The average Bonchev–Trinajstić information content (AvgIpc) is 2.82. The number of hydrogen-bond donors (Lipinski definition) is 1. The Hall–Kier alpha value is -2.89. The number of ether oxygens (including phenoxy) is 3. The zero-order chi connectivity index (χ0) is 23.1. The van der Waals surface area contributed by atoms with E-state index in [0.29, 0.717) is 55.7 Å². The van der Waals surface area contributed by atoms with Gasteiger partial charge in [-0.1, -0.05) is 0 Å². The van der Waals surface area contributed by atoms with Gasteiger partial charge in [0, 0.05) is 69.4 Å². The zero-order valence-electron chi connectivity index (χ0n) is 18.4. The standard InChI is InChI=1S/C21H28N4O6S/c1-29-18-13-16(14-19(30-2)21(18)31-3)23-20(26)6-8-24-9-11-25(12-10-24)32(27,28)17-5-4-7-22-15-17/h4-5,7,13-15H,6,8-12H2,1-3H3,(H,23,26). The summed E-state index contributed by atoms with van der Waals surface area (Å²) in [5, 5.41) is 2.84. The summed E-state index contributed by atoms with van der Waals surface area (Å²) in [6, 6.07) is 6.49. The molecule has 1 fully saturated rings. The molecule has 1 aromatic heterocycles. The molecule has 0 bridgehead atoms. The van der Waals surface area contributed by atoms with Crippen LogP contribution in [0.1, 0.15) is 6.42 Å². The number of piperazine rings is 1. The third kappa shape index (κ3) is 5.47. The Morgan fingerprint density at radius 3 is 2.25 bits per heavy atom. The Morgan fingerprint density at radius 2 is 1.72 bits per heavy atom. The van der Waals surface area contributed by atoms with Crippen LogP contribution in [0.5, 0.6) is 17.2 Å². The third-order valence-electron chi connectivity index (χ3n) is 5.21. The molecule has 3 rings (SSSR count). The summed E-state index contributed by atoms with van der Waals surface area (Å²) in [5.74, 6) is 1.19. The molecule has 0 saturated carbocycles. The number of pyridine rings is 1. The molecule has 10 nitrogen and oxygen atoms in total. The fourth-order valence-electron chi connectivity index (χ4n) is 3.48. The molecule has 0 unspecified atom stereocenters. The minimum atomic E-state index is -3.55. The predicted octanol–water partition coefficient (Wildman–Crippen LogP) is 1.44. The zero-order valence-corrected chi connectivity index (χ0v) is 19.2. The minimum Gasteiger partial charge on any atom is -0.493 e. The lowest BCUT2D eigenvalue weighted by Gasteiger charge is -2.33. The van der Waals surface area contributed by atoms with Crippen LogP contribution >= 0.6 is 0 Å². The number of nitrogens with one attached hydrogen (secondary N) is 1. The molecule has 0 atom stereocenters. The van der Waals surface area contributed by atoms with Gasteiger partial charge in [0.25, 0.3) is 0 Å². The molecule has 32 heavy (non-hydrogen) atoms. The number of benzene rings is 1. The van der Waals surface area contributed by atoms with E-state index >= 15 is 0 Å². The molecule has 1 aromatic carbocycles. The molecular formula is C21H28N4O6S. The second-order valence-corrected chi connectivity index (χ2v) is 9.08. The van der Waals surface area contributed by atoms with Crippen LogP contribution in [0.2, 0.25) is 0 Å². The van der Waals surface area contributed by atoms with Gasteiger partial charge in [-0.05, 0) is 12.1 Å². The number of rotatable bonds is 9. The van der Waals surface area contributed by atoms with E-state index in [4.69, 9.17) is 14.2 Å². The molecule has 1 saturated heterocycles. The van der Waals surface area contributed by atoms with Crippen LogP contribution in [0.4, 0.5) is 5.69 Å². The highest BCUT2D eigenvalue weighted by Crippen LogP contribution is 2.39. The van der Waals surface area contributed by atoms with E-state index in [1.165, 1.54) is 31.8 Å².